The molecule has 0 saturated heterocycles. The van der Waals surface area contributed by atoms with Crippen molar-refractivity contribution in [3.8, 4) is 0 Å². The van der Waals surface area contributed by atoms with Gasteiger partial charge in [-0.2, -0.15) is 8.78 Å². The Morgan fingerprint density at radius 1 is 1.25 bits per heavy atom. The molecule has 0 aliphatic heterocycles. The van der Waals surface area contributed by atoms with Crippen LogP contribution in [0.25, 0.3) is 0 Å². The summed E-state index contributed by atoms with van der Waals surface area (Å²) >= 11 is 0. The maximum Gasteiger partial charge on any atom is 0.315 e. The van der Waals surface area contributed by atoms with Gasteiger partial charge in [-0.1, -0.05) is 13.8 Å². The molecule has 112 valence electrons. The molecule has 8 heteroatoms. The number of carbonyl (C=O) groups excluding carboxylic acids is 1. The molecule has 0 atom stereocenters. The van der Waals surface area contributed by atoms with Crippen molar-refractivity contribution < 1.29 is 22.0 Å². The lowest BCUT2D eigenvalue weighted by Gasteiger charge is -2.15. The summed E-state index contributed by atoms with van der Waals surface area (Å²) in [4.78, 5) is 11.0. The molecule has 0 heterocycles. The van der Waals surface area contributed by atoms with Crippen molar-refractivity contribution >= 4 is 31.3 Å². The molecule has 4 nitrogen and oxygen atoms in total. The highest BCUT2D eigenvalue weighted by Gasteiger charge is 2.21. The van der Waals surface area contributed by atoms with E-state index in [2.05, 4.69) is 5.32 Å². The number of carbonyl (C=O) groups is 1. The fourth-order valence-electron chi connectivity index (χ4n) is 1.77. The average Bonchev–Trinajstić information content (AvgIpc) is 2.37. The molecule has 1 aromatic carbocycles. The molecule has 0 unspecified atom stereocenters. The zero-order valence-corrected chi connectivity index (χ0v) is 12.5. The average molecular weight is 326 g/mol. The van der Waals surface area contributed by atoms with Crippen LogP contribution < -0.4 is 5.32 Å². The predicted molar refractivity (Wildman–Crippen MR) is 72.9 cm³/mol. The van der Waals surface area contributed by atoms with Crippen molar-refractivity contribution in [3.05, 3.63) is 23.3 Å². The van der Waals surface area contributed by atoms with Gasteiger partial charge in [-0.25, -0.2) is 8.42 Å². The van der Waals surface area contributed by atoms with Gasteiger partial charge >= 0.3 is 6.43 Å². The number of nitrogens with one attached hydrogen (secondary N) is 1. The van der Waals surface area contributed by atoms with Crippen LogP contribution in [0.3, 0.4) is 0 Å². The van der Waals surface area contributed by atoms with Crippen LogP contribution in [0.15, 0.2) is 17.0 Å². The van der Waals surface area contributed by atoms with Gasteiger partial charge in [0.25, 0.3) is 15.0 Å². The lowest BCUT2D eigenvalue weighted by atomic mass is 10.0. The van der Waals surface area contributed by atoms with Gasteiger partial charge in [0.05, 0.1) is 4.90 Å². The smallest absolute Gasteiger partial charge is 0.315 e. The normalized spacial score (nSPS) is 11.7. The second kappa shape index (κ2) is 6.49. The first-order valence-electron chi connectivity index (χ1n) is 5.90. The molecule has 0 aromatic heterocycles. The number of hydrogen-bond acceptors (Lipinski definition) is 3. The van der Waals surface area contributed by atoms with Crippen molar-refractivity contribution in [1.82, 2.24) is 0 Å². The van der Waals surface area contributed by atoms with Crippen molar-refractivity contribution in [2.75, 3.05) is 5.32 Å². The second-order valence-corrected chi connectivity index (χ2v) is 6.62. The minimum atomic E-state index is -3.92. The van der Waals surface area contributed by atoms with Crippen LogP contribution in [-0.2, 0) is 26.7 Å². The second-order valence-electron chi connectivity index (χ2n) is 4.05. The number of amides is 1. The molecular formula is C12H14ClF2NO3S. The SMILES string of the molecule is CCc1cc(S(=O)(=O)Cl)cc(CC)c1NC(=O)C(F)F. The molecule has 0 bridgehead atoms. The van der Waals surface area contributed by atoms with Crippen molar-refractivity contribution in [3.63, 3.8) is 0 Å². The lowest BCUT2D eigenvalue weighted by Crippen LogP contribution is -2.22. The summed E-state index contributed by atoms with van der Waals surface area (Å²) in [5.74, 6) is -1.42. The Labute approximate surface area is 120 Å². The number of halogens is 3. The Morgan fingerprint density at radius 2 is 1.70 bits per heavy atom. The first-order chi connectivity index (χ1) is 9.20. The van der Waals surface area contributed by atoms with Crippen LogP contribution in [0.2, 0.25) is 0 Å². The monoisotopic (exact) mass is 325 g/mol. The highest BCUT2D eigenvalue weighted by Crippen LogP contribution is 2.29. The third-order valence-corrected chi connectivity index (χ3v) is 4.10. The molecule has 0 radical (unpaired) electrons. The topological polar surface area (TPSA) is 63.2 Å². The van der Waals surface area contributed by atoms with Crippen LogP contribution in [0.5, 0.6) is 0 Å². The Balaban J connectivity index is 3.40. The summed E-state index contributed by atoms with van der Waals surface area (Å²) in [7, 11) is 1.37. The summed E-state index contributed by atoms with van der Waals surface area (Å²) in [5.41, 5.74) is 1.11. The highest BCUT2D eigenvalue weighted by atomic mass is 35.7. The number of hydrogen-bond donors (Lipinski definition) is 1. The number of anilines is 1. The zero-order valence-electron chi connectivity index (χ0n) is 10.9. The van der Waals surface area contributed by atoms with Gasteiger partial charge in [-0.15, -0.1) is 0 Å². The van der Waals surface area contributed by atoms with Crippen LogP contribution in [0.1, 0.15) is 25.0 Å². The van der Waals surface area contributed by atoms with E-state index >= 15 is 0 Å². The quantitative estimate of drug-likeness (QED) is 0.847. The molecule has 0 spiro atoms. The van der Waals surface area contributed by atoms with Gasteiger partial charge in [-0.05, 0) is 36.1 Å². The molecule has 1 aromatic rings. The number of aryl methyl sites for hydroxylation is 2. The van der Waals surface area contributed by atoms with Crippen molar-refractivity contribution in [1.29, 1.82) is 0 Å². The molecular weight excluding hydrogens is 312 g/mol. The highest BCUT2D eigenvalue weighted by molar-refractivity contribution is 8.13. The van der Waals surface area contributed by atoms with Gasteiger partial charge in [0.15, 0.2) is 0 Å². The van der Waals surface area contributed by atoms with E-state index in [-0.39, 0.29) is 10.6 Å². The summed E-state index contributed by atoms with van der Waals surface area (Å²) in [6, 6.07) is 2.56. The molecule has 0 aliphatic carbocycles. The van der Waals surface area contributed by atoms with E-state index in [9.17, 15) is 22.0 Å². The minimum Gasteiger partial charge on any atom is -0.321 e. The fraction of sp³-hybridized carbons (Fsp3) is 0.417. The maximum atomic E-state index is 12.3. The third-order valence-electron chi connectivity index (χ3n) is 2.76. The summed E-state index contributed by atoms with van der Waals surface area (Å²) in [5, 5.41) is 2.13. The molecule has 0 saturated carbocycles. The Bertz CT molecular complexity index is 592. The number of rotatable bonds is 5. The van der Waals surface area contributed by atoms with E-state index in [1.165, 1.54) is 12.1 Å². The zero-order chi connectivity index (χ0) is 15.5. The van der Waals surface area contributed by atoms with Crippen LogP contribution in [-0.4, -0.2) is 20.8 Å². The van der Waals surface area contributed by atoms with Crippen LogP contribution in [0.4, 0.5) is 14.5 Å². The first-order valence-corrected chi connectivity index (χ1v) is 8.21. The summed E-state index contributed by atoms with van der Waals surface area (Å²) in [6.45, 7) is 3.44. The Kier molecular flexibility index (Phi) is 5.47. The van der Waals surface area contributed by atoms with E-state index in [4.69, 9.17) is 10.7 Å². The molecule has 20 heavy (non-hydrogen) atoms. The molecule has 0 fully saturated rings. The summed E-state index contributed by atoms with van der Waals surface area (Å²) in [6.07, 6.45) is -2.40. The fourth-order valence-corrected chi connectivity index (χ4v) is 2.61. The lowest BCUT2D eigenvalue weighted by molar-refractivity contribution is -0.126. The van der Waals surface area contributed by atoms with E-state index in [1.54, 1.807) is 13.8 Å². The van der Waals surface area contributed by atoms with E-state index in [1.807, 2.05) is 0 Å². The molecule has 0 aliphatic rings. The van der Waals surface area contributed by atoms with Crippen molar-refractivity contribution in [2.45, 2.75) is 38.0 Å². The van der Waals surface area contributed by atoms with E-state index in [0.717, 1.165) is 0 Å². The minimum absolute atomic E-state index is 0.108. The van der Waals surface area contributed by atoms with Crippen LogP contribution in [0, 0.1) is 0 Å². The van der Waals surface area contributed by atoms with Gasteiger partial charge in [0.2, 0.25) is 0 Å². The molecule has 1 N–H and O–H groups in total. The van der Waals surface area contributed by atoms with Crippen LogP contribution >= 0.6 is 10.7 Å². The maximum absolute atomic E-state index is 12.3. The van der Waals surface area contributed by atoms with E-state index < -0.39 is 21.4 Å². The first kappa shape index (κ1) is 16.8. The third kappa shape index (κ3) is 3.89. The van der Waals surface area contributed by atoms with Gasteiger partial charge in [0, 0.05) is 16.4 Å². The van der Waals surface area contributed by atoms with Crippen molar-refractivity contribution in [2.24, 2.45) is 0 Å². The van der Waals surface area contributed by atoms with E-state index in [0.29, 0.717) is 24.0 Å². The Morgan fingerprint density at radius 3 is 2.00 bits per heavy atom. The van der Waals surface area contributed by atoms with Gasteiger partial charge < -0.3 is 5.32 Å². The molecule has 1 rings (SSSR count). The number of benzene rings is 1. The summed E-state index contributed by atoms with van der Waals surface area (Å²) < 4.78 is 47.4. The Hall–Kier alpha value is -1.21. The van der Waals surface area contributed by atoms with Gasteiger partial charge in [0.1, 0.15) is 0 Å². The predicted octanol–water partition coefficient (Wildman–Crippen LogP) is 2.94. The number of alkyl halides is 2. The standard InChI is InChI=1S/C12H14ClF2NO3S/c1-3-7-5-9(20(13,18)19)6-8(4-2)10(7)16-12(17)11(14)15/h5-6,11H,3-4H2,1-2H3,(H,16,17). The largest absolute Gasteiger partial charge is 0.321 e. The van der Waals surface area contributed by atoms with Gasteiger partial charge in [-0.3, -0.25) is 4.79 Å². The molecule has 1 amide bonds.